The van der Waals surface area contributed by atoms with Crippen LogP contribution in [0.3, 0.4) is 0 Å². The molecular formula is C14H24N2OS. The number of aromatic hydroxyl groups is 1. The first kappa shape index (κ1) is 13.7. The molecular weight excluding hydrogens is 244 g/mol. The van der Waals surface area contributed by atoms with Crippen molar-refractivity contribution in [3.05, 3.63) is 4.88 Å². The second kappa shape index (κ2) is 5.91. The van der Waals surface area contributed by atoms with Crippen LogP contribution in [0.1, 0.15) is 63.7 Å². The molecule has 102 valence electrons. The average molecular weight is 268 g/mol. The first-order valence-electron chi connectivity index (χ1n) is 7.04. The average Bonchev–Trinajstić information content (AvgIpc) is 2.71. The summed E-state index contributed by atoms with van der Waals surface area (Å²) >= 11 is 1.59. The molecule has 0 unspecified atom stereocenters. The molecule has 1 aromatic rings. The van der Waals surface area contributed by atoms with Crippen LogP contribution >= 0.6 is 11.3 Å². The molecule has 2 rings (SSSR count). The standard InChI is InChI=1S/C14H24N2OS/c1-9(2)12-13(17)16-14(18-12)15-10(3)11-7-5-4-6-8-11/h9-11,17H,4-8H2,1-3H3,(H,15,16)/t10-/m0/s1. The van der Waals surface area contributed by atoms with Gasteiger partial charge in [-0.3, -0.25) is 0 Å². The first-order chi connectivity index (χ1) is 8.58. The van der Waals surface area contributed by atoms with Gasteiger partial charge in [0.25, 0.3) is 0 Å². The van der Waals surface area contributed by atoms with Crippen LogP contribution in [0.5, 0.6) is 5.88 Å². The van der Waals surface area contributed by atoms with E-state index in [2.05, 4.69) is 31.1 Å². The fraction of sp³-hybridized carbons (Fsp3) is 0.786. The highest BCUT2D eigenvalue weighted by Crippen LogP contribution is 2.35. The number of hydrogen-bond acceptors (Lipinski definition) is 4. The molecule has 0 spiro atoms. The lowest BCUT2D eigenvalue weighted by Gasteiger charge is -2.28. The summed E-state index contributed by atoms with van der Waals surface area (Å²) in [4.78, 5) is 5.21. The second-order valence-electron chi connectivity index (χ2n) is 5.69. The van der Waals surface area contributed by atoms with Crippen LogP contribution in [0.2, 0.25) is 0 Å². The zero-order chi connectivity index (χ0) is 13.1. The zero-order valence-electron chi connectivity index (χ0n) is 11.6. The number of thiazole rings is 1. The molecule has 0 bridgehead atoms. The van der Waals surface area contributed by atoms with Crippen molar-refractivity contribution in [3.63, 3.8) is 0 Å². The fourth-order valence-electron chi connectivity index (χ4n) is 2.71. The summed E-state index contributed by atoms with van der Waals surface area (Å²) in [5, 5.41) is 14.1. The zero-order valence-corrected chi connectivity index (χ0v) is 12.4. The number of nitrogens with zero attached hydrogens (tertiary/aromatic N) is 1. The largest absolute Gasteiger partial charge is 0.492 e. The summed E-state index contributed by atoms with van der Waals surface area (Å²) in [5.74, 6) is 1.30. The van der Waals surface area contributed by atoms with Gasteiger partial charge in [0.1, 0.15) is 0 Å². The van der Waals surface area contributed by atoms with Gasteiger partial charge in [0.15, 0.2) is 5.13 Å². The minimum absolute atomic E-state index is 0.202. The minimum Gasteiger partial charge on any atom is -0.492 e. The van der Waals surface area contributed by atoms with Crippen molar-refractivity contribution >= 4 is 16.5 Å². The lowest BCUT2D eigenvalue weighted by Crippen LogP contribution is -2.27. The molecule has 2 N–H and O–H groups in total. The maximum Gasteiger partial charge on any atom is 0.227 e. The Bertz CT molecular complexity index is 383. The van der Waals surface area contributed by atoms with Crippen LogP contribution in [-0.4, -0.2) is 16.1 Å². The Morgan fingerprint density at radius 1 is 1.22 bits per heavy atom. The van der Waals surface area contributed by atoms with Gasteiger partial charge < -0.3 is 10.4 Å². The number of aromatic nitrogens is 1. The van der Waals surface area contributed by atoms with Crippen molar-refractivity contribution in [2.75, 3.05) is 5.32 Å². The van der Waals surface area contributed by atoms with Gasteiger partial charge in [0.2, 0.25) is 5.88 Å². The third-order valence-corrected chi connectivity index (χ3v) is 5.14. The van der Waals surface area contributed by atoms with Gasteiger partial charge in [0, 0.05) is 6.04 Å². The molecule has 1 aliphatic carbocycles. The van der Waals surface area contributed by atoms with E-state index >= 15 is 0 Å². The number of nitrogens with one attached hydrogen (secondary N) is 1. The smallest absolute Gasteiger partial charge is 0.227 e. The van der Waals surface area contributed by atoms with Gasteiger partial charge in [-0.1, -0.05) is 44.4 Å². The molecule has 3 nitrogen and oxygen atoms in total. The summed E-state index contributed by atoms with van der Waals surface area (Å²) in [6.07, 6.45) is 6.75. The van der Waals surface area contributed by atoms with Gasteiger partial charge in [-0.05, 0) is 31.6 Å². The minimum atomic E-state index is 0.202. The number of rotatable bonds is 4. The van der Waals surface area contributed by atoms with Gasteiger partial charge in [-0.15, -0.1) is 0 Å². The maximum absolute atomic E-state index is 9.78. The summed E-state index contributed by atoms with van der Waals surface area (Å²) in [5.41, 5.74) is 0. The van der Waals surface area contributed by atoms with E-state index in [4.69, 9.17) is 0 Å². The van der Waals surface area contributed by atoms with E-state index in [9.17, 15) is 5.11 Å². The molecule has 0 aromatic carbocycles. The van der Waals surface area contributed by atoms with Crippen molar-refractivity contribution in [1.82, 2.24) is 4.98 Å². The molecule has 1 fully saturated rings. The highest BCUT2D eigenvalue weighted by molar-refractivity contribution is 7.16. The third-order valence-electron chi connectivity index (χ3n) is 3.87. The van der Waals surface area contributed by atoms with E-state index in [0.29, 0.717) is 12.0 Å². The Balaban J connectivity index is 1.97. The lowest BCUT2D eigenvalue weighted by molar-refractivity contribution is 0.328. The highest BCUT2D eigenvalue weighted by Gasteiger charge is 2.21. The Morgan fingerprint density at radius 2 is 1.89 bits per heavy atom. The summed E-state index contributed by atoms with van der Waals surface area (Å²) in [7, 11) is 0. The first-order valence-corrected chi connectivity index (χ1v) is 7.85. The molecule has 1 heterocycles. The van der Waals surface area contributed by atoms with Crippen LogP contribution in [0, 0.1) is 5.92 Å². The highest BCUT2D eigenvalue weighted by atomic mass is 32.1. The number of hydrogen-bond donors (Lipinski definition) is 2. The molecule has 0 radical (unpaired) electrons. The predicted molar refractivity (Wildman–Crippen MR) is 77.5 cm³/mol. The van der Waals surface area contributed by atoms with Crippen molar-refractivity contribution in [1.29, 1.82) is 0 Å². The van der Waals surface area contributed by atoms with Crippen molar-refractivity contribution < 1.29 is 5.11 Å². The van der Waals surface area contributed by atoms with Crippen molar-refractivity contribution in [3.8, 4) is 5.88 Å². The SMILES string of the molecule is CC(C)c1sc(N[C@@H](C)C2CCCCC2)nc1O. The van der Waals surface area contributed by atoms with E-state index in [1.165, 1.54) is 32.1 Å². The van der Waals surface area contributed by atoms with E-state index in [1.54, 1.807) is 11.3 Å². The quantitative estimate of drug-likeness (QED) is 0.853. The molecule has 0 aliphatic heterocycles. The summed E-state index contributed by atoms with van der Waals surface area (Å²) < 4.78 is 0. The molecule has 1 aromatic heterocycles. The molecule has 1 saturated carbocycles. The summed E-state index contributed by atoms with van der Waals surface area (Å²) in [6, 6.07) is 0.455. The van der Waals surface area contributed by atoms with Gasteiger partial charge in [-0.25, -0.2) is 0 Å². The Hall–Kier alpha value is -0.770. The molecule has 0 saturated heterocycles. The molecule has 1 aliphatic rings. The molecule has 1 atom stereocenters. The molecule has 18 heavy (non-hydrogen) atoms. The Morgan fingerprint density at radius 3 is 2.44 bits per heavy atom. The fourth-order valence-corrected chi connectivity index (χ4v) is 3.67. The predicted octanol–water partition coefficient (Wildman–Crippen LogP) is 4.35. The van der Waals surface area contributed by atoms with E-state index in [0.717, 1.165) is 15.9 Å². The second-order valence-corrected chi connectivity index (χ2v) is 6.72. The molecule has 0 amide bonds. The van der Waals surface area contributed by atoms with Gasteiger partial charge >= 0.3 is 0 Å². The van der Waals surface area contributed by atoms with E-state index in [-0.39, 0.29) is 5.88 Å². The Kier molecular flexibility index (Phi) is 4.49. The van der Waals surface area contributed by atoms with Crippen LogP contribution in [-0.2, 0) is 0 Å². The topological polar surface area (TPSA) is 45.2 Å². The summed E-state index contributed by atoms with van der Waals surface area (Å²) in [6.45, 7) is 6.41. The molecule has 4 heteroatoms. The maximum atomic E-state index is 9.78. The van der Waals surface area contributed by atoms with Crippen molar-refractivity contribution in [2.45, 2.75) is 64.8 Å². The lowest BCUT2D eigenvalue weighted by atomic mass is 9.85. The number of anilines is 1. The van der Waals surface area contributed by atoms with Crippen LogP contribution in [0.4, 0.5) is 5.13 Å². The van der Waals surface area contributed by atoms with Crippen LogP contribution in [0.25, 0.3) is 0 Å². The van der Waals surface area contributed by atoms with E-state index in [1.807, 2.05) is 0 Å². The normalized spacial score (nSPS) is 19.1. The van der Waals surface area contributed by atoms with Gasteiger partial charge in [0.05, 0.1) is 4.88 Å². The van der Waals surface area contributed by atoms with Crippen LogP contribution in [0.15, 0.2) is 0 Å². The van der Waals surface area contributed by atoms with E-state index < -0.39 is 0 Å². The Labute approximate surface area is 114 Å². The van der Waals surface area contributed by atoms with Crippen LogP contribution < -0.4 is 5.32 Å². The van der Waals surface area contributed by atoms with Crippen molar-refractivity contribution in [2.24, 2.45) is 5.92 Å². The third kappa shape index (κ3) is 3.16. The van der Waals surface area contributed by atoms with Gasteiger partial charge in [-0.2, -0.15) is 4.98 Å². The monoisotopic (exact) mass is 268 g/mol.